The fourth-order valence-corrected chi connectivity index (χ4v) is 6.48. The molecule has 0 atom stereocenters. The molecule has 0 saturated heterocycles. The summed E-state index contributed by atoms with van der Waals surface area (Å²) in [4.78, 5) is 18.1. The lowest BCUT2D eigenvalue weighted by Crippen LogP contribution is -2.05. The van der Waals surface area contributed by atoms with Crippen LogP contribution >= 0.6 is 40.3 Å². The molecule has 0 aliphatic carbocycles. The van der Waals surface area contributed by atoms with Crippen LogP contribution in [0.5, 0.6) is 0 Å². The van der Waals surface area contributed by atoms with Gasteiger partial charge in [-0.25, -0.2) is 0 Å². The molecule has 0 rings (SSSR count). The molecule has 2 N–H and O–H groups in total. The Morgan fingerprint density at radius 3 is 1.64 bits per heavy atom. The summed E-state index contributed by atoms with van der Waals surface area (Å²) < 4.78 is 0. The van der Waals surface area contributed by atoms with Gasteiger partial charge in [-0.3, -0.25) is 0 Å². The lowest BCUT2D eigenvalue weighted by Gasteiger charge is -2.11. The van der Waals surface area contributed by atoms with E-state index >= 15 is 0 Å². The minimum Gasteiger partial charge on any atom is -0.338 e. The molecule has 70 valence electrons. The van der Waals surface area contributed by atoms with E-state index < -0.39 is 15.9 Å². The molecule has 0 aromatic rings. The van der Waals surface area contributed by atoms with Gasteiger partial charge in [0.05, 0.1) is 0 Å². The Kier molecular flexibility index (Phi) is 6.96. The fourth-order valence-electron chi connectivity index (χ4n) is 0.512. The van der Waals surface area contributed by atoms with E-state index in [1.807, 2.05) is 0 Å². The van der Waals surface area contributed by atoms with Gasteiger partial charge in [0.2, 0.25) is 5.84 Å². The molecule has 0 aromatic carbocycles. The lowest BCUT2D eigenvalue weighted by atomic mass is 10.9. The Bertz CT molecular complexity index is 152. The molecule has 0 saturated carbocycles. The van der Waals surface area contributed by atoms with E-state index in [2.05, 4.69) is 0 Å². The van der Waals surface area contributed by atoms with Crippen LogP contribution in [0.1, 0.15) is 0 Å². The Morgan fingerprint density at radius 1 is 1.09 bits per heavy atom. The van der Waals surface area contributed by atoms with Gasteiger partial charge in [-0.05, 0) is 11.2 Å². The maximum Gasteiger partial charge on any atom is 0.236 e. The van der Waals surface area contributed by atoms with Crippen molar-refractivity contribution < 1.29 is 9.79 Å². The number of rotatable bonds is 4. The van der Waals surface area contributed by atoms with Gasteiger partial charge in [-0.1, -0.05) is 0 Å². The standard InChI is InChI=1S/C4H10Cl3O2PS/c5-1-3-11(4-2-6)10(7,8)9/h8-9H,1-4H2. The third-order valence-electron chi connectivity index (χ3n) is 0.954. The number of hydrogen-bond acceptors (Lipinski definition) is 0. The first-order chi connectivity index (χ1) is 5.02. The molecular formula is C4H10Cl3O2PS. The van der Waals surface area contributed by atoms with Crippen molar-refractivity contribution >= 4 is 50.4 Å². The van der Waals surface area contributed by atoms with Crippen LogP contribution in [0.25, 0.3) is 0 Å². The second kappa shape index (κ2) is 6.09. The normalized spacial score (nSPS) is 12.5. The number of alkyl halides is 2. The first-order valence-corrected chi connectivity index (χ1v) is 8.70. The molecule has 2 nitrogen and oxygen atoms in total. The highest BCUT2D eigenvalue weighted by Crippen LogP contribution is 2.47. The highest BCUT2D eigenvalue weighted by molar-refractivity contribution is 8.37. The summed E-state index contributed by atoms with van der Waals surface area (Å²) in [6.45, 7) is 0. The van der Waals surface area contributed by atoms with E-state index in [1.54, 1.807) is 0 Å². The van der Waals surface area contributed by atoms with Crippen LogP contribution in [0.2, 0.25) is 0 Å². The minimum absolute atomic E-state index is 0.385. The first kappa shape index (κ1) is 12.6. The van der Waals surface area contributed by atoms with Gasteiger partial charge in [0, 0.05) is 23.3 Å². The van der Waals surface area contributed by atoms with Crippen LogP contribution in [0.3, 0.4) is 0 Å². The smallest absolute Gasteiger partial charge is 0.236 e. The van der Waals surface area contributed by atoms with Crippen molar-refractivity contribution in [3.63, 3.8) is 0 Å². The van der Waals surface area contributed by atoms with Crippen LogP contribution in [-0.2, 0) is 10.1 Å². The molecule has 0 fully saturated rings. The monoisotopic (exact) mass is 258 g/mol. The highest BCUT2D eigenvalue weighted by atomic mass is 35.7. The van der Waals surface area contributed by atoms with Gasteiger partial charge < -0.3 is 9.79 Å². The van der Waals surface area contributed by atoms with Crippen molar-refractivity contribution in [3.05, 3.63) is 0 Å². The van der Waals surface area contributed by atoms with Crippen molar-refractivity contribution in [2.45, 2.75) is 0 Å². The zero-order valence-electron chi connectivity index (χ0n) is 5.71. The summed E-state index contributed by atoms with van der Waals surface area (Å²) in [5, 5.41) is 0. The van der Waals surface area contributed by atoms with Gasteiger partial charge in [-0.15, -0.1) is 33.3 Å². The Hall–Kier alpha value is 1.57. The van der Waals surface area contributed by atoms with Crippen molar-refractivity contribution in [1.82, 2.24) is 0 Å². The van der Waals surface area contributed by atoms with E-state index in [9.17, 15) is 0 Å². The molecule has 0 spiro atoms. The summed E-state index contributed by atoms with van der Waals surface area (Å²) in [6.07, 6.45) is 0. The largest absolute Gasteiger partial charge is 0.338 e. The molecule has 0 aliphatic heterocycles. The Labute approximate surface area is 83.4 Å². The predicted molar refractivity (Wildman–Crippen MR) is 55.7 cm³/mol. The third kappa shape index (κ3) is 5.75. The molecule has 7 heteroatoms. The minimum atomic E-state index is -3.23. The van der Waals surface area contributed by atoms with E-state index in [0.29, 0.717) is 23.3 Å². The summed E-state index contributed by atoms with van der Waals surface area (Å²) >= 11 is 16.3. The van der Waals surface area contributed by atoms with Crippen molar-refractivity contribution in [2.75, 3.05) is 23.3 Å². The first-order valence-electron chi connectivity index (χ1n) is 2.86. The van der Waals surface area contributed by atoms with E-state index in [-0.39, 0.29) is 0 Å². The van der Waals surface area contributed by atoms with Gasteiger partial charge in [0.1, 0.15) is 0 Å². The maximum atomic E-state index is 9.07. The molecule has 11 heavy (non-hydrogen) atoms. The van der Waals surface area contributed by atoms with Crippen LogP contribution in [0.15, 0.2) is 0 Å². The summed E-state index contributed by atoms with van der Waals surface area (Å²) in [6, 6.07) is 0. The van der Waals surface area contributed by atoms with Crippen molar-refractivity contribution in [3.8, 4) is 0 Å². The second-order valence-corrected chi connectivity index (χ2v) is 10.3. The van der Waals surface area contributed by atoms with Crippen molar-refractivity contribution in [1.29, 1.82) is 0 Å². The van der Waals surface area contributed by atoms with Crippen molar-refractivity contribution in [2.24, 2.45) is 0 Å². The lowest BCUT2D eigenvalue weighted by molar-refractivity contribution is 0.500. The maximum absolute atomic E-state index is 9.07. The van der Waals surface area contributed by atoms with Crippen LogP contribution in [-0.4, -0.2) is 33.1 Å². The Balaban J connectivity index is 4.32. The number of halogens is 3. The Morgan fingerprint density at radius 2 is 1.45 bits per heavy atom. The van der Waals surface area contributed by atoms with Crippen LogP contribution in [0.4, 0.5) is 0 Å². The molecule has 0 amide bonds. The fraction of sp³-hybridized carbons (Fsp3) is 1.00. The SMILES string of the molecule is OP(O)(Cl)=S(CCCl)CCCl. The van der Waals surface area contributed by atoms with E-state index in [4.69, 9.17) is 44.2 Å². The zero-order valence-corrected chi connectivity index (χ0v) is 9.69. The molecule has 0 heterocycles. The highest BCUT2D eigenvalue weighted by Gasteiger charge is 2.11. The average Bonchev–Trinajstić information content (AvgIpc) is 1.85. The van der Waals surface area contributed by atoms with Gasteiger partial charge in [-0.2, -0.15) is 0 Å². The summed E-state index contributed by atoms with van der Waals surface area (Å²) in [5.41, 5.74) is 0. The zero-order chi connectivity index (χ0) is 8.91. The molecule has 0 aliphatic rings. The number of hydrogen-bond donors (Lipinski definition) is 2. The van der Waals surface area contributed by atoms with E-state index in [0.717, 1.165) is 0 Å². The quantitative estimate of drug-likeness (QED) is 0.599. The molecule has 0 radical (unpaired) electrons. The second-order valence-electron chi connectivity index (χ2n) is 1.72. The van der Waals surface area contributed by atoms with Gasteiger partial charge >= 0.3 is 0 Å². The van der Waals surface area contributed by atoms with E-state index in [1.165, 1.54) is 0 Å². The van der Waals surface area contributed by atoms with Gasteiger partial charge in [0.25, 0.3) is 0 Å². The third-order valence-corrected chi connectivity index (χ3v) is 8.61. The summed E-state index contributed by atoms with van der Waals surface area (Å²) in [7, 11) is -0.618. The molecule has 0 bridgehead atoms. The predicted octanol–water partition coefficient (Wildman–Crippen LogP) is 1.98. The summed E-state index contributed by atoms with van der Waals surface area (Å²) in [5.74, 6) is -1.41. The topological polar surface area (TPSA) is 40.5 Å². The molecular weight excluding hydrogens is 249 g/mol. The van der Waals surface area contributed by atoms with Crippen LogP contribution in [0, 0.1) is 0 Å². The average molecular weight is 260 g/mol. The van der Waals surface area contributed by atoms with Gasteiger partial charge in [0.15, 0.2) is 0 Å². The molecule has 0 aromatic heterocycles. The molecule has 0 unspecified atom stereocenters. The van der Waals surface area contributed by atoms with Crippen LogP contribution < -0.4 is 0 Å².